The van der Waals surface area contributed by atoms with Crippen molar-refractivity contribution in [3.8, 4) is 0 Å². The van der Waals surface area contributed by atoms with Crippen LogP contribution in [0.3, 0.4) is 0 Å². The number of hydrogen-bond donors (Lipinski definition) is 1. The van der Waals surface area contributed by atoms with Gasteiger partial charge < -0.3 is 5.32 Å². The van der Waals surface area contributed by atoms with E-state index in [4.69, 9.17) is 4.99 Å². The molecule has 0 amide bonds. The Hall–Kier alpha value is -2.61. The van der Waals surface area contributed by atoms with Crippen molar-refractivity contribution in [1.29, 1.82) is 0 Å². The summed E-state index contributed by atoms with van der Waals surface area (Å²) in [6.45, 7) is 10.3. The van der Waals surface area contributed by atoms with Crippen LogP contribution in [-0.2, 0) is 6.42 Å². The van der Waals surface area contributed by atoms with Crippen LogP contribution in [0.5, 0.6) is 0 Å². The van der Waals surface area contributed by atoms with E-state index in [0.717, 1.165) is 36.4 Å². The van der Waals surface area contributed by atoms with E-state index in [-0.39, 0.29) is 6.04 Å². The molecule has 0 heterocycles. The Balaban J connectivity index is 2.24. The second-order valence-electron chi connectivity index (χ2n) is 6.32. The fourth-order valence-electron chi connectivity index (χ4n) is 2.92. The summed E-state index contributed by atoms with van der Waals surface area (Å²) in [4.78, 5) is 4.83. The smallest absolute Gasteiger partial charge is 0.122 e. The zero-order valence-corrected chi connectivity index (χ0v) is 16.2. The Morgan fingerprint density at radius 2 is 1.77 bits per heavy atom. The highest BCUT2D eigenvalue weighted by Gasteiger charge is 2.11. The Labute approximate surface area is 158 Å². The molecule has 1 N–H and O–H groups in total. The van der Waals surface area contributed by atoms with Crippen LogP contribution in [0.25, 0.3) is 0 Å². The lowest BCUT2D eigenvalue weighted by Gasteiger charge is -2.20. The Morgan fingerprint density at radius 1 is 1.08 bits per heavy atom. The molecule has 2 aromatic carbocycles. The minimum Gasteiger partial charge on any atom is -0.364 e. The van der Waals surface area contributed by atoms with Crippen molar-refractivity contribution in [2.75, 3.05) is 0 Å². The summed E-state index contributed by atoms with van der Waals surface area (Å²) < 4.78 is 0. The van der Waals surface area contributed by atoms with Crippen LogP contribution < -0.4 is 5.32 Å². The molecule has 26 heavy (non-hydrogen) atoms. The van der Waals surface area contributed by atoms with Gasteiger partial charge in [0.2, 0.25) is 0 Å². The minimum absolute atomic E-state index is 0.254. The van der Waals surface area contributed by atoms with Gasteiger partial charge in [0.25, 0.3) is 0 Å². The molecule has 2 nitrogen and oxygen atoms in total. The monoisotopic (exact) mass is 346 g/mol. The largest absolute Gasteiger partial charge is 0.364 e. The average molecular weight is 347 g/mol. The van der Waals surface area contributed by atoms with Crippen molar-refractivity contribution >= 4 is 5.71 Å². The molecule has 0 aliphatic rings. The Kier molecular flexibility index (Phi) is 7.88. The summed E-state index contributed by atoms with van der Waals surface area (Å²) in [5.74, 6) is 0.877. The van der Waals surface area contributed by atoms with Gasteiger partial charge in [0.15, 0.2) is 0 Å². The third-order valence-corrected chi connectivity index (χ3v) is 4.47. The Morgan fingerprint density at radius 3 is 2.31 bits per heavy atom. The Bertz CT molecular complexity index is 740. The number of aryl methyl sites for hydroxylation is 1. The molecule has 0 aromatic heterocycles. The van der Waals surface area contributed by atoms with Gasteiger partial charge in [-0.25, -0.2) is 4.99 Å². The maximum absolute atomic E-state index is 4.83. The van der Waals surface area contributed by atoms with Gasteiger partial charge in [-0.15, -0.1) is 0 Å². The zero-order valence-electron chi connectivity index (χ0n) is 16.2. The van der Waals surface area contributed by atoms with E-state index >= 15 is 0 Å². The number of rotatable bonds is 9. The zero-order chi connectivity index (χ0) is 18.8. The van der Waals surface area contributed by atoms with Gasteiger partial charge in [-0.3, -0.25) is 0 Å². The number of hydrogen-bond acceptors (Lipinski definition) is 2. The highest BCUT2D eigenvalue weighted by Crippen LogP contribution is 2.20. The first kappa shape index (κ1) is 19.7. The van der Waals surface area contributed by atoms with Gasteiger partial charge in [-0.1, -0.05) is 81.4 Å². The molecule has 1 atom stereocenters. The van der Waals surface area contributed by atoms with Crippen LogP contribution in [-0.4, -0.2) is 5.71 Å². The van der Waals surface area contributed by atoms with Crippen LogP contribution in [0.2, 0.25) is 0 Å². The third-order valence-electron chi connectivity index (χ3n) is 4.47. The normalized spacial score (nSPS) is 13.3. The van der Waals surface area contributed by atoms with Crippen LogP contribution in [0.4, 0.5) is 0 Å². The first-order valence-corrected chi connectivity index (χ1v) is 9.50. The van der Waals surface area contributed by atoms with Gasteiger partial charge in [0.1, 0.15) is 5.82 Å². The third kappa shape index (κ3) is 5.45. The van der Waals surface area contributed by atoms with E-state index in [1.807, 2.05) is 19.1 Å². The quantitative estimate of drug-likeness (QED) is 0.536. The van der Waals surface area contributed by atoms with Crippen LogP contribution in [0.15, 0.2) is 84.1 Å². The molecule has 0 radical (unpaired) electrons. The number of allylic oxidation sites excluding steroid dienone is 2. The molecule has 0 aliphatic carbocycles. The summed E-state index contributed by atoms with van der Waals surface area (Å²) in [5, 5.41) is 3.60. The predicted molar refractivity (Wildman–Crippen MR) is 114 cm³/mol. The molecule has 2 heteroatoms. The van der Waals surface area contributed by atoms with E-state index in [0.29, 0.717) is 0 Å². The molecule has 0 saturated heterocycles. The van der Waals surface area contributed by atoms with E-state index in [9.17, 15) is 0 Å². The van der Waals surface area contributed by atoms with Crippen molar-refractivity contribution in [3.63, 3.8) is 0 Å². The molecule has 0 aliphatic heterocycles. The van der Waals surface area contributed by atoms with Crippen molar-refractivity contribution in [2.24, 2.45) is 4.99 Å². The van der Waals surface area contributed by atoms with Crippen LogP contribution >= 0.6 is 0 Å². The predicted octanol–water partition coefficient (Wildman–Crippen LogP) is 6.22. The van der Waals surface area contributed by atoms with Crippen molar-refractivity contribution in [1.82, 2.24) is 5.32 Å². The first-order valence-electron chi connectivity index (χ1n) is 9.50. The topological polar surface area (TPSA) is 24.4 Å². The molecule has 0 saturated carbocycles. The molecule has 0 fully saturated rings. The van der Waals surface area contributed by atoms with E-state index in [2.05, 4.69) is 80.3 Å². The fraction of sp³-hybridized carbons (Fsp3) is 0.292. The minimum atomic E-state index is 0.254. The molecular formula is C24H30N2. The molecule has 136 valence electrons. The second kappa shape index (κ2) is 10.4. The van der Waals surface area contributed by atoms with E-state index in [1.165, 1.54) is 11.1 Å². The molecule has 2 rings (SSSR count). The maximum Gasteiger partial charge on any atom is 0.122 e. The van der Waals surface area contributed by atoms with Gasteiger partial charge in [0.05, 0.1) is 11.8 Å². The number of nitrogens with one attached hydrogen (secondary N) is 1. The van der Waals surface area contributed by atoms with Gasteiger partial charge in [-0.05, 0) is 43.0 Å². The SMILES string of the molecule is C=C/C(=N\C(=C/C)NC(CCC)c1ccccc1)c1ccc(CC)cc1. The maximum atomic E-state index is 4.83. The fourth-order valence-corrected chi connectivity index (χ4v) is 2.92. The molecule has 2 aromatic rings. The summed E-state index contributed by atoms with van der Waals surface area (Å²) in [6, 6.07) is 19.4. The standard InChI is InChI=1S/C24H30N2/c1-5-12-23(20-13-10-9-11-14-20)26-24(8-4)25-22(7-3)21-17-15-19(6-2)16-18-21/h7-11,13-18,23,26H,3,5-6,12H2,1-2,4H3/b24-8+,25-22+. The summed E-state index contributed by atoms with van der Waals surface area (Å²) in [6.07, 6.45) is 7.06. The molecule has 0 spiro atoms. The van der Waals surface area contributed by atoms with Gasteiger partial charge in [0, 0.05) is 5.56 Å². The summed E-state index contributed by atoms with van der Waals surface area (Å²) in [7, 11) is 0. The first-order chi connectivity index (χ1) is 12.7. The van der Waals surface area contributed by atoms with Crippen molar-refractivity contribution in [3.05, 3.63) is 95.8 Å². The van der Waals surface area contributed by atoms with Crippen molar-refractivity contribution < 1.29 is 0 Å². The van der Waals surface area contributed by atoms with Crippen LogP contribution in [0.1, 0.15) is 56.3 Å². The lowest BCUT2D eigenvalue weighted by molar-refractivity contribution is 0.541. The second-order valence-corrected chi connectivity index (χ2v) is 6.32. The van der Waals surface area contributed by atoms with Gasteiger partial charge >= 0.3 is 0 Å². The summed E-state index contributed by atoms with van der Waals surface area (Å²) in [5.41, 5.74) is 4.59. The average Bonchev–Trinajstić information content (AvgIpc) is 2.71. The highest BCUT2D eigenvalue weighted by molar-refractivity contribution is 6.08. The molecular weight excluding hydrogens is 316 g/mol. The number of benzene rings is 2. The van der Waals surface area contributed by atoms with Gasteiger partial charge in [-0.2, -0.15) is 0 Å². The highest BCUT2D eigenvalue weighted by atomic mass is 15.1. The van der Waals surface area contributed by atoms with Crippen molar-refractivity contribution in [2.45, 2.75) is 46.1 Å². The number of aliphatic imine (C=N–C) groups is 1. The summed E-state index contributed by atoms with van der Waals surface area (Å²) >= 11 is 0. The lowest BCUT2D eigenvalue weighted by atomic mass is 10.0. The van der Waals surface area contributed by atoms with Crippen LogP contribution in [0, 0.1) is 0 Å². The number of nitrogens with zero attached hydrogens (tertiary/aromatic N) is 1. The van der Waals surface area contributed by atoms with E-state index in [1.54, 1.807) is 0 Å². The van der Waals surface area contributed by atoms with E-state index < -0.39 is 0 Å². The molecule has 0 bridgehead atoms. The molecule has 1 unspecified atom stereocenters. The lowest BCUT2D eigenvalue weighted by Crippen LogP contribution is -2.20.